The summed E-state index contributed by atoms with van der Waals surface area (Å²) in [5.74, 6) is 3.24. The quantitative estimate of drug-likeness (QED) is 0.216. The fourth-order valence-electron chi connectivity index (χ4n) is 6.30. The average Bonchev–Trinajstić information content (AvgIpc) is 3.04. The van der Waals surface area contributed by atoms with Crippen molar-refractivity contribution >= 4 is 33.6 Å². The van der Waals surface area contributed by atoms with Crippen LogP contribution < -0.4 is 15.6 Å². The predicted octanol–water partition coefficient (Wildman–Crippen LogP) is 6.95. The third-order valence-electron chi connectivity index (χ3n) is 8.77. The van der Waals surface area contributed by atoms with E-state index in [1.165, 1.54) is 0 Å². The Morgan fingerprint density at radius 1 is 0.884 bits per heavy atom. The molecule has 1 aliphatic carbocycles. The molecule has 1 aliphatic rings. The minimum absolute atomic E-state index is 0.111. The number of nitrogens with one attached hydrogen (secondary N) is 1. The van der Waals surface area contributed by atoms with Gasteiger partial charge in [-0.3, -0.25) is 9.59 Å². The Balaban J connectivity index is 1.07. The van der Waals surface area contributed by atoms with Crippen molar-refractivity contribution in [1.82, 2.24) is 15.3 Å². The highest BCUT2D eigenvalue weighted by atomic mass is 16.3. The van der Waals surface area contributed by atoms with Crippen molar-refractivity contribution in [2.45, 2.75) is 45.4 Å². The van der Waals surface area contributed by atoms with E-state index in [0.29, 0.717) is 46.2 Å². The summed E-state index contributed by atoms with van der Waals surface area (Å²) in [4.78, 5) is 38.3. The van der Waals surface area contributed by atoms with Crippen LogP contribution in [0.3, 0.4) is 0 Å². The number of fused-ring (bicyclic) bond motifs is 2. The van der Waals surface area contributed by atoms with Crippen LogP contribution in [0.1, 0.15) is 53.8 Å². The summed E-state index contributed by atoms with van der Waals surface area (Å²) in [7, 11) is 4.05. The normalized spacial score (nSPS) is 16.8. The van der Waals surface area contributed by atoms with E-state index in [0.717, 1.165) is 66.6 Å². The lowest BCUT2D eigenvalue weighted by Crippen LogP contribution is -2.31. The maximum Gasteiger partial charge on any atom is 0.255 e. The lowest BCUT2D eigenvalue weighted by atomic mass is 9.80. The summed E-state index contributed by atoms with van der Waals surface area (Å²) in [6.07, 6.45) is 6.37. The summed E-state index contributed by atoms with van der Waals surface area (Å²) in [5.41, 5.74) is 2.97. The van der Waals surface area contributed by atoms with Crippen LogP contribution in [-0.4, -0.2) is 36.5 Å². The molecule has 0 bridgehead atoms. The number of rotatable bonds is 8. The minimum Gasteiger partial charge on any atom is -0.455 e. The lowest BCUT2D eigenvalue weighted by molar-refractivity contribution is 0.0941. The standard InChI is InChI=1S/C36H38N4O3/c1-23-32(41)28-13-9-14-29(34(28)43-33(23)26-10-5-4-6-11-26)36(42)37-22-25-18-16-24(17-19-25)20-21-31-38-30-15-8-7-12-27(30)35(39-31)40(2)3/h4-15,24-25H,16-22H2,1-3H3,(H,37,42). The van der Waals surface area contributed by atoms with E-state index < -0.39 is 0 Å². The van der Waals surface area contributed by atoms with Gasteiger partial charge < -0.3 is 14.6 Å². The van der Waals surface area contributed by atoms with Crippen LogP contribution in [0.4, 0.5) is 5.82 Å². The highest BCUT2D eigenvalue weighted by Gasteiger charge is 2.24. The number of aryl methyl sites for hydroxylation is 1. The second kappa shape index (κ2) is 12.4. The zero-order valence-electron chi connectivity index (χ0n) is 25.1. The van der Waals surface area contributed by atoms with Crippen molar-refractivity contribution in [2.75, 3.05) is 25.5 Å². The van der Waals surface area contributed by atoms with E-state index in [-0.39, 0.29) is 11.3 Å². The van der Waals surface area contributed by atoms with Gasteiger partial charge in [-0.1, -0.05) is 61.4 Å². The van der Waals surface area contributed by atoms with Crippen LogP contribution in [0.2, 0.25) is 0 Å². The van der Waals surface area contributed by atoms with Gasteiger partial charge in [0.05, 0.1) is 16.5 Å². The fraction of sp³-hybridized carbons (Fsp3) is 0.333. The molecule has 0 atom stereocenters. The van der Waals surface area contributed by atoms with Crippen LogP contribution in [0.15, 0.2) is 82.0 Å². The molecule has 2 heterocycles. The zero-order valence-corrected chi connectivity index (χ0v) is 25.1. The first-order chi connectivity index (χ1) is 20.9. The number of hydrogen-bond acceptors (Lipinski definition) is 6. The lowest BCUT2D eigenvalue weighted by Gasteiger charge is -2.28. The third-order valence-corrected chi connectivity index (χ3v) is 8.77. The Morgan fingerprint density at radius 2 is 1.58 bits per heavy atom. The van der Waals surface area contributed by atoms with Gasteiger partial charge in [0.2, 0.25) is 0 Å². The van der Waals surface area contributed by atoms with E-state index in [1.54, 1.807) is 25.1 Å². The molecule has 0 spiro atoms. The maximum atomic E-state index is 13.3. The van der Waals surface area contributed by atoms with Crippen molar-refractivity contribution in [1.29, 1.82) is 0 Å². The van der Waals surface area contributed by atoms with Crippen LogP contribution in [0, 0.1) is 18.8 Å². The number of anilines is 1. The molecule has 0 unspecified atom stereocenters. The van der Waals surface area contributed by atoms with E-state index in [1.807, 2.05) is 56.6 Å². The van der Waals surface area contributed by atoms with Crippen molar-refractivity contribution < 1.29 is 9.21 Å². The highest BCUT2D eigenvalue weighted by molar-refractivity contribution is 6.05. The molecule has 1 saturated carbocycles. The van der Waals surface area contributed by atoms with Crippen LogP contribution in [0.25, 0.3) is 33.2 Å². The second-order valence-corrected chi connectivity index (χ2v) is 11.9. The number of aromatic nitrogens is 2. The molecule has 43 heavy (non-hydrogen) atoms. The molecule has 6 rings (SSSR count). The molecule has 1 N–H and O–H groups in total. The van der Waals surface area contributed by atoms with Gasteiger partial charge in [-0.15, -0.1) is 0 Å². The Hall–Kier alpha value is -4.52. The Bertz CT molecular complexity index is 1820. The Kier molecular flexibility index (Phi) is 8.23. The molecular formula is C36H38N4O3. The van der Waals surface area contributed by atoms with Crippen molar-refractivity contribution in [2.24, 2.45) is 11.8 Å². The van der Waals surface area contributed by atoms with Gasteiger partial charge in [-0.25, -0.2) is 9.97 Å². The molecule has 0 saturated heterocycles. The molecule has 5 aromatic rings. The first-order valence-corrected chi connectivity index (χ1v) is 15.2. The van der Waals surface area contributed by atoms with Gasteiger partial charge in [0.15, 0.2) is 11.0 Å². The second-order valence-electron chi connectivity index (χ2n) is 11.9. The van der Waals surface area contributed by atoms with Gasteiger partial charge in [-0.2, -0.15) is 0 Å². The Labute approximate surface area is 252 Å². The van der Waals surface area contributed by atoms with Crippen molar-refractivity contribution in [3.63, 3.8) is 0 Å². The van der Waals surface area contributed by atoms with Gasteiger partial charge in [0.25, 0.3) is 5.91 Å². The van der Waals surface area contributed by atoms with E-state index >= 15 is 0 Å². The van der Waals surface area contributed by atoms with Gasteiger partial charge in [0, 0.05) is 43.6 Å². The molecule has 1 fully saturated rings. The fourth-order valence-corrected chi connectivity index (χ4v) is 6.30. The number of nitrogens with zero attached hydrogens (tertiary/aromatic N) is 3. The van der Waals surface area contributed by atoms with Crippen LogP contribution >= 0.6 is 0 Å². The monoisotopic (exact) mass is 574 g/mol. The van der Waals surface area contributed by atoms with Gasteiger partial charge >= 0.3 is 0 Å². The summed E-state index contributed by atoms with van der Waals surface area (Å²) in [5, 5.41) is 4.64. The maximum absolute atomic E-state index is 13.3. The number of hydrogen-bond donors (Lipinski definition) is 1. The van der Waals surface area contributed by atoms with Gasteiger partial charge in [-0.05, 0) is 62.3 Å². The molecule has 220 valence electrons. The summed E-state index contributed by atoms with van der Waals surface area (Å²) < 4.78 is 6.25. The predicted molar refractivity (Wildman–Crippen MR) is 173 cm³/mol. The molecule has 7 nitrogen and oxygen atoms in total. The van der Waals surface area contributed by atoms with Crippen LogP contribution in [0.5, 0.6) is 0 Å². The largest absolute Gasteiger partial charge is 0.455 e. The Morgan fingerprint density at radius 3 is 2.35 bits per heavy atom. The summed E-state index contributed by atoms with van der Waals surface area (Å²) in [6.45, 7) is 2.39. The summed E-state index contributed by atoms with van der Waals surface area (Å²) in [6, 6.07) is 23.0. The number of benzene rings is 3. The first-order valence-electron chi connectivity index (χ1n) is 15.2. The molecule has 0 radical (unpaired) electrons. The number of carbonyl (C=O) groups excluding carboxylic acids is 1. The summed E-state index contributed by atoms with van der Waals surface area (Å²) >= 11 is 0. The average molecular weight is 575 g/mol. The van der Waals surface area contributed by atoms with Crippen LogP contribution in [-0.2, 0) is 6.42 Å². The number of amides is 1. The molecule has 3 aromatic carbocycles. The minimum atomic E-state index is -0.205. The van der Waals surface area contributed by atoms with Crippen molar-refractivity contribution in [3.8, 4) is 11.3 Å². The zero-order chi connectivity index (χ0) is 29.9. The van der Waals surface area contributed by atoms with E-state index in [4.69, 9.17) is 14.4 Å². The van der Waals surface area contributed by atoms with Gasteiger partial charge in [0.1, 0.15) is 17.4 Å². The topological polar surface area (TPSA) is 88.3 Å². The molecule has 2 aromatic heterocycles. The highest BCUT2D eigenvalue weighted by Crippen LogP contribution is 2.32. The first kappa shape index (κ1) is 28.6. The van der Waals surface area contributed by atoms with Crippen molar-refractivity contribution in [3.05, 3.63) is 100.0 Å². The molecule has 7 heteroatoms. The van der Waals surface area contributed by atoms with E-state index in [2.05, 4.69) is 22.3 Å². The molecule has 0 aliphatic heterocycles. The third kappa shape index (κ3) is 6.03. The SMILES string of the molecule is Cc1c(-c2ccccc2)oc2c(C(=O)NCC3CCC(CCc4nc(N(C)C)c5ccccc5n4)CC3)cccc2c1=O. The van der Waals surface area contributed by atoms with E-state index in [9.17, 15) is 9.59 Å². The number of para-hydroxylation sites is 2. The smallest absolute Gasteiger partial charge is 0.255 e. The molecule has 1 amide bonds. The molecular weight excluding hydrogens is 536 g/mol. The number of carbonyl (C=O) groups is 1.